The van der Waals surface area contributed by atoms with Crippen LogP contribution in [0.25, 0.3) is 0 Å². The molecule has 1 aliphatic carbocycles. The van der Waals surface area contributed by atoms with Crippen LogP contribution in [0, 0.1) is 0 Å². The Balaban J connectivity index is 1.63. The van der Waals surface area contributed by atoms with Gasteiger partial charge in [-0.3, -0.25) is 0 Å². The quantitative estimate of drug-likeness (QED) is 0.540. The fourth-order valence-corrected chi connectivity index (χ4v) is 3.15. The summed E-state index contributed by atoms with van der Waals surface area (Å²) in [6.45, 7) is 4.00. The highest BCUT2D eigenvalue weighted by Crippen LogP contribution is 2.52. The summed E-state index contributed by atoms with van der Waals surface area (Å²) in [7, 11) is 1.61. The summed E-state index contributed by atoms with van der Waals surface area (Å²) in [5.41, 5.74) is 0.108. The molecule has 3 rings (SSSR count). The Kier molecular flexibility index (Phi) is 4.70. The predicted molar refractivity (Wildman–Crippen MR) is 82.2 cm³/mol. The third-order valence-corrected chi connectivity index (χ3v) is 4.44. The summed E-state index contributed by atoms with van der Waals surface area (Å²) in [5.74, 6) is 0.775. The third kappa shape index (κ3) is 2.88. The number of ether oxygens (including phenoxy) is 4. The normalized spacial score (nSPS) is 34.9. The van der Waals surface area contributed by atoms with Crippen molar-refractivity contribution in [3.05, 3.63) is 42.5 Å². The maximum absolute atomic E-state index is 10.4. The Morgan fingerprint density at radius 3 is 2.65 bits per heavy atom. The fourth-order valence-electron chi connectivity index (χ4n) is 3.15. The van der Waals surface area contributed by atoms with E-state index >= 15 is 0 Å². The van der Waals surface area contributed by atoms with Crippen LogP contribution in [0.1, 0.15) is 5.56 Å². The molecule has 2 aliphatic rings. The Labute approximate surface area is 135 Å². The van der Waals surface area contributed by atoms with Crippen LogP contribution in [0.3, 0.4) is 0 Å². The molecule has 0 radical (unpaired) electrons. The van der Waals surface area contributed by atoms with E-state index < -0.39 is 23.9 Å². The minimum atomic E-state index is -0.854. The fraction of sp³-hybridized carbons (Fsp3) is 0.529. The molecule has 0 unspecified atom stereocenters. The minimum absolute atomic E-state index is 0.209. The number of aliphatic hydroxyl groups is 2. The van der Waals surface area contributed by atoms with E-state index in [-0.39, 0.29) is 19.3 Å². The molecule has 0 amide bonds. The summed E-state index contributed by atoms with van der Waals surface area (Å²) in [6.07, 6.45) is -0.745. The van der Waals surface area contributed by atoms with Gasteiger partial charge >= 0.3 is 0 Å². The molecule has 2 N–H and O–H groups in total. The molecule has 0 spiro atoms. The van der Waals surface area contributed by atoms with Gasteiger partial charge in [-0.25, -0.2) is 0 Å². The maximum atomic E-state index is 10.4. The number of hydrogen-bond acceptors (Lipinski definition) is 6. The zero-order valence-electron chi connectivity index (χ0n) is 13.1. The molecular weight excluding hydrogens is 300 g/mol. The average molecular weight is 322 g/mol. The number of fused-ring (bicyclic) bond motifs is 1. The van der Waals surface area contributed by atoms with E-state index in [1.165, 1.54) is 0 Å². The van der Waals surface area contributed by atoms with Crippen LogP contribution in [-0.2, 0) is 20.8 Å². The van der Waals surface area contributed by atoms with Gasteiger partial charge in [0.1, 0.15) is 35.8 Å². The standard InChI is InChI=1S/C17H22O6/c1-3-8-21-15-13(19)14(16-17(15,10-18)23-16)22-9-11-4-6-12(20-2)7-5-11/h3-7,13-16,18-19H,1,8-10H2,2H3/t13-,14-,15+,16+,17-/m1/s1. The lowest BCUT2D eigenvalue weighted by atomic mass is 10.1. The van der Waals surface area contributed by atoms with Gasteiger partial charge < -0.3 is 29.2 Å². The molecule has 6 heteroatoms. The van der Waals surface area contributed by atoms with Crippen molar-refractivity contribution in [1.82, 2.24) is 0 Å². The van der Waals surface area contributed by atoms with Gasteiger partial charge in [-0.05, 0) is 17.7 Å². The smallest absolute Gasteiger partial charge is 0.149 e. The van der Waals surface area contributed by atoms with Crippen LogP contribution in [0.4, 0.5) is 0 Å². The Bertz CT molecular complexity index is 545. The van der Waals surface area contributed by atoms with Gasteiger partial charge in [-0.15, -0.1) is 6.58 Å². The lowest BCUT2D eigenvalue weighted by Gasteiger charge is -2.25. The van der Waals surface area contributed by atoms with E-state index in [1.54, 1.807) is 13.2 Å². The highest BCUT2D eigenvalue weighted by molar-refractivity contribution is 5.27. The molecule has 6 nitrogen and oxygen atoms in total. The number of hydrogen-bond donors (Lipinski definition) is 2. The summed E-state index contributed by atoms with van der Waals surface area (Å²) in [6, 6.07) is 7.51. The van der Waals surface area contributed by atoms with Crippen LogP contribution in [0.5, 0.6) is 5.75 Å². The molecule has 126 valence electrons. The van der Waals surface area contributed by atoms with Crippen molar-refractivity contribution in [1.29, 1.82) is 0 Å². The van der Waals surface area contributed by atoms with Crippen molar-refractivity contribution < 1.29 is 29.2 Å². The number of epoxide rings is 1. The van der Waals surface area contributed by atoms with Crippen LogP contribution < -0.4 is 4.74 Å². The number of aliphatic hydroxyl groups excluding tert-OH is 2. The first-order valence-corrected chi connectivity index (χ1v) is 7.60. The second kappa shape index (κ2) is 6.59. The maximum Gasteiger partial charge on any atom is 0.149 e. The van der Waals surface area contributed by atoms with Crippen molar-refractivity contribution in [2.75, 3.05) is 20.3 Å². The van der Waals surface area contributed by atoms with Gasteiger partial charge in [0.15, 0.2) is 0 Å². The SMILES string of the molecule is C=CCO[C@H]1[C@H](O)[C@@H](OCc2ccc(OC)cc2)[C@@H]2O[C@]12CO. The van der Waals surface area contributed by atoms with Crippen molar-refractivity contribution >= 4 is 0 Å². The Hall–Kier alpha value is -1.44. The third-order valence-electron chi connectivity index (χ3n) is 4.44. The summed E-state index contributed by atoms with van der Waals surface area (Å²) in [5, 5.41) is 20.0. The van der Waals surface area contributed by atoms with Crippen molar-refractivity contribution in [3.8, 4) is 5.75 Å². The first-order chi connectivity index (χ1) is 11.2. The monoisotopic (exact) mass is 322 g/mol. The predicted octanol–water partition coefficient (Wildman–Crippen LogP) is 0.656. The highest BCUT2D eigenvalue weighted by atomic mass is 16.7. The largest absolute Gasteiger partial charge is 0.497 e. The molecule has 0 aromatic heterocycles. The highest BCUT2D eigenvalue weighted by Gasteiger charge is 2.74. The number of benzene rings is 1. The molecule has 23 heavy (non-hydrogen) atoms. The van der Waals surface area contributed by atoms with Crippen LogP contribution in [0.15, 0.2) is 36.9 Å². The van der Waals surface area contributed by atoms with Gasteiger partial charge in [-0.1, -0.05) is 18.2 Å². The van der Waals surface area contributed by atoms with Gasteiger partial charge in [0.25, 0.3) is 0 Å². The molecule has 1 aromatic carbocycles. The molecule has 1 saturated carbocycles. The van der Waals surface area contributed by atoms with Crippen LogP contribution >= 0.6 is 0 Å². The lowest BCUT2D eigenvalue weighted by molar-refractivity contribution is -0.132. The molecule has 1 aliphatic heterocycles. The zero-order chi connectivity index (χ0) is 16.4. The second-order valence-electron chi connectivity index (χ2n) is 5.81. The molecule has 2 fully saturated rings. The molecule has 1 aromatic rings. The van der Waals surface area contributed by atoms with E-state index in [2.05, 4.69) is 6.58 Å². The van der Waals surface area contributed by atoms with Gasteiger partial charge in [0.05, 0.1) is 26.9 Å². The summed E-state index contributed by atoms with van der Waals surface area (Å²) < 4.78 is 22.1. The van der Waals surface area contributed by atoms with Gasteiger partial charge in [0.2, 0.25) is 0 Å². The van der Waals surface area contributed by atoms with Crippen molar-refractivity contribution in [2.45, 2.75) is 36.6 Å². The van der Waals surface area contributed by atoms with Gasteiger partial charge in [-0.2, -0.15) is 0 Å². The van der Waals surface area contributed by atoms with Crippen LogP contribution in [-0.4, -0.2) is 60.6 Å². The van der Waals surface area contributed by atoms with Crippen LogP contribution in [0.2, 0.25) is 0 Å². The zero-order valence-corrected chi connectivity index (χ0v) is 13.1. The lowest BCUT2D eigenvalue weighted by Crippen LogP contribution is -2.43. The average Bonchev–Trinajstić information content (AvgIpc) is 3.26. The van der Waals surface area contributed by atoms with E-state index in [1.807, 2.05) is 24.3 Å². The minimum Gasteiger partial charge on any atom is -0.497 e. The molecule has 1 heterocycles. The van der Waals surface area contributed by atoms with E-state index in [0.29, 0.717) is 6.61 Å². The first kappa shape index (κ1) is 16.4. The topological polar surface area (TPSA) is 80.7 Å². The second-order valence-corrected chi connectivity index (χ2v) is 5.81. The Morgan fingerprint density at radius 1 is 1.30 bits per heavy atom. The molecule has 0 bridgehead atoms. The summed E-state index contributed by atoms with van der Waals surface area (Å²) in [4.78, 5) is 0. The van der Waals surface area contributed by atoms with Gasteiger partial charge in [0, 0.05) is 0 Å². The van der Waals surface area contributed by atoms with E-state index in [9.17, 15) is 10.2 Å². The first-order valence-electron chi connectivity index (χ1n) is 7.60. The van der Waals surface area contributed by atoms with E-state index in [4.69, 9.17) is 18.9 Å². The summed E-state index contributed by atoms with van der Waals surface area (Å²) >= 11 is 0. The molecule has 5 atom stereocenters. The number of rotatable bonds is 8. The molecule has 1 saturated heterocycles. The molecular formula is C17H22O6. The number of methoxy groups -OCH3 is 1. The van der Waals surface area contributed by atoms with E-state index in [0.717, 1.165) is 11.3 Å². The Morgan fingerprint density at radius 2 is 2.04 bits per heavy atom. The van der Waals surface area contributed by atoms with Crippen molar-refractivity contribution in [2.24, 2.45) is 0 Å². The van der Waals surface area contributed by atoms with Crippen molar-refractivity contribution in [3.63, 3.8) is 0 Å².